The second-order valence-corrected chi connectivity index (χ2v) is 8.87. The van der Waals surface area contributed by atoms with Gasteiger partial charge in [0.2, 0.25) is 5.91 Å². The van der Waals surface area contributed by atoms with E-state index in [-0.39, 0.29) is 11.8 Å². The van der Waals surface area contributed by atoms with E-state index in [1.807, 2.05) is 22.4 Å². The molecule has 4 nitrogen and oxygen atoms in total. The van der Waals surface area contributed by atoms with Crippen molar-refractivity contribution >= 4 is 23.2 Å². The molecule has 0 N–H and O–H groups in total. The van der Waals surface area contributed by atoms with E-state index in [9.17, 15) is 9.59 Å². The van der Waals surface area contributed by atoms with Crippen molar-refractivity contribution < 1.29 is 9.59 Å². The molecule has 2 saturated heterocycles. The van der Waals surface area contributed by atoms with E-state index in [1.165, 1.54) is 43.4 Å². The molecule has 2 atom stereocenters. The average molecular weight is 361 g/mol. The highest BCUT2D eigenvalue weighted by Gasteiger charge is 2.36. The van der Waals surface area contributed by atoms with Gasteiger partial charge >= 0.3 is 0 Å². The lowest BCUT2D eigenvalue weighted by Crippen LogP contribution is -2.49. The standard InChI is InChI=1S/C20H28N2O2S/c23-19(22-12-7-15-4-1-2-5-17(15)14-22)16-8-10-21(11-9-16)20(24)18-6-3-13-25-18/h3,6,13,15-17H,1-2,4-5,7-12,14H2/t15-,17-/m1/s1. The van der Waals surface area contributed by atoms with Gasteiger partial charge in [-0.05, 0) is 49.0 Å². The van der Waals surface area contributed by atoms with Crippen molar-refractivity contribution in [3.63, 3.8) is 0 Å². The van der Waals surface area contributed by atoms with Gasteiger partial charge in [0.15, 0.2) is 0 Å². The molecule has 1 saturated carbocycles. The van der Waals surface area contributed by atoms with Crippen molar-refractivity contribution in [2.45, 2.75) is 44.9 Å². The Hall–Kier alpha value is -1.36. The van der Waals surface area contributed by atoms with Gasteiger partial charge in [-0.3, -0.25) is 9.59 Å². The lowest BCUT2D eigenvalue weighted by molar-refractivity contribution is -0.140. The quantitative estimate of drug-likeness (QED) is 0.808. The normalized spacial score (nSPS) is 27.8. The molecule has 0 radical (unpaired) electrons. The summed E-state index contributed by atoms with van der Waals surface area (Å²) in [5.74, 6) is 2.21. The number of nitrogens with zero attached hydrogens (tertiary/aromatic N) is 2. The lowest BCUT2D eigenvalue weighted by Gasteiger charge is -2.43. The average Bonchev–Trinajstić information content (AvgIpc) is 3.21. The van der Waals surface area contributed by atoms with Crippen molar-refractivity contribution in [3.05, 3.63) is 22.4 Å². The van der Waals surface area contributed by atoms with Crippen molar-refractivity contribution in [3.8, 4) is 0 Å². The molecule has 0 bridgehead atoms. The molecule has 1 aromatic heterocycles. The van der Waals surface area contributed by atoms with Crippen LogP contribution >= 0.6 is 11.3 Å². The van der Waals surface area contributed by atoms with Crippen molar-refractivity contribution in [2.75, 3.05) is 26.2 Å². The first-order valence-electron chi connectivity index (χ1n) is 9.84. The molecule has 1 aliphatic carbocycles. The first-order valence-corrected chi connectivity index (χ1v) is 10.7. The molecule has 0 spiro atoms. The molecule has 3 heterocycles. The highest BCUT2D eigenvalue weighted by molar-refractivity contribution is 7.12. The highest BCUT2D eigenvalue weighted by atomic mass is 32.1. The van der Waals surface area contributed by atoms with Crippen LogP contribution in [0.5, 0.6) is 0 Å². The first-order chi connectivity index (χ1) is 12.2. The van der Waals surface area contributed by atoms with E-state index < -0.39 is 0 Å². The third-order valence-corrected chi connectivity index (χ3v) is 7.32. The van der Waals surface area contributed by atoms with Gasteiger partial charge < -0.3 is 9.80 Å². The smallest absolute Gasteiger partial charge is 0.263 e. The molecule has 3 fully saturated rings. The van der Waals surface area contributed by atoms with Crippen LogP contribution < -0.4 is 0 Å². The van der Waals surface area contributed by atoms with E-state index >= 15 is 0 Å². The number of thiophene rings is 1. The zero-order valence-electron chi connectivity index (χ0n) is 14.9. The zero-order valence-corrected chi connectivity index (χ0v) is 15.7. The van der Waals surface area contributed by atoms with E-state index in [4.69, 9.17) is 0 Å². The van der Waals surface area contributed by atoms with E-state index in [0.717, 1.165) is 42.6 Å². The van der Waals surface area contributed by atoms with Crippen LogP contribution in [-0.2, 0) is 4.79 Å². The fourth-order valence-electron chi connectivity index (χ4n) is 4.94. The number of carbonyl (C=O) groups excluding carboxylic acids is 2. The van der Waals surface area contributed by atoms with Gasteiger partial charge in [-0.1, -0.05) is 25.3 Å². The molecule has 4 rings (SSSR count). The van der Waals surface area contributed by atoms with E-state index in [0.29, 0.717) is 19.0 Å². The zero-order chi connectivity index (χ0) is 17.2. The Kier molecular flexibility index (Phi) is 5.11. The van der Waals surface area contributed by atoms with Crippen LogP contribution in [0.4, 0.5) is 0 Å². The maximum Gasteiger partial charge on any atom is 0.263 e. The Balaban J connectivity index is 1.30. The molecule has 0 aromatic carbocycles. The Morgan fingerprint density at radius 1 is 0.920 bits per heavy atom. The number of amides is 2. The monoisotopic (exact) mass is 360 g/mol. The van der Waals surface area contributed by atoms with Crippen LogP contribution in [0.1, 0.15) is 54.6 Å². The molecule has 136 valence electrons. The molecule has 1 aromatic rings. The number of carbonyl (C=O) groups is 2. The molecule has 2 amide bonds. The maximum absolute atomic E-state index is 13.0. The second kappa shape index (κ2) is 7.48. The van der Waals surface area contributed by atoms with Crippen LogP contribution in [0.2, 0.25) is 0 Å². The molecular formula is C20H28N2O2S. The fraction of sp³-hybridized carbons (Fsp3) is 0.700. The third-order valence-electron chi connectivity index (χ3n) is 6.47. The predicted octanol–water partition coefficient (Wildman–Crippen LogP) is 3.64. The molecule has 2 aliphatic heterocycles. The Morgan fingerprint density at radius 3 is 2.36 bits per heavy atom. The minimum absolute atomic E-state index is 0.118. The summed E-state index contributed by atoms with van der Waals surface area (Å²) in [6, 6.07) is 3.81. The van der Waals surface area contributed by atoms with Gasteiger partial charge in [0.25, 0.3) is 5.91 Å². The Bertz CT molecular complexity index is 607. The fourth-order valence-corrected chi connectivity index (χ4v) is 5.64. The lowest BCUT2D eigenvalue weighted by atomic mass is 9.75. The minimum atomic E-state index is 0.118. The summed E-state index contributed by atoms with van der Waals surface area (Å²) in [7, 11) is 0. The minimum Gasteiger partial charge on any atom is -0.342 e. The number of hydrogen-bond acceptors (Lipinski definition) is 3. The first kappa shape index (κ1) is 17.1. The van der Waals surface area contributed by atoms with Gasteiger partial charge in [0.1, 0.15) is 0 Å². The van der Waals surface area contributed by atoms with Crippen molar-refractivity contribution in [2.24, 2.45) is 17.8 Å². The number of hydrogen-bond donors (Lipinski definition) is 0. The van der Waals surface area contributed by atoms with Crippen LogP contribution in [0.15, 0.2) is 17.5 Å². The van der Waals surface area contributed by atoms with Crippen LogP contribution in [0.3, 0.4) is 0 Å². The third kappa shape index (κ3) is 3.62. The van der Waals surface area contributed by atoms with E-state index in [1.54, 1.807) is 0 Å². The van der Waals surface area contributed by atoms with E-state index in [2.05, 4.69) is 4.90 Å². The predicted molar refractivity (Wildman–Crippen MR) is 99.6 cm³/mol. The Labute approximate surface area is 154 Å². The van der Waals surface area contributed by atoms with Crippen LogP contribution in [0, 0.1) is 17.8 Å². The maximum atomic E-state index is 13.0. The summed E-state index contributed by atoms with van der Waals surface area (Å²) in [5, 5.41) is 1.94. The summed E-state index contributed by atoms with van der Waals surface area (Å²) in [4.78, 5) is 30.3. The van der Waals surface area contributed by atoms with Gasteiger partial charge in [0.05, 0.1) is 4.88 Å². The number of rotatable bonds is 2. The highest BCUT2D eigenvalue weighted by Crippen LogP contribution is 2.37. The Morgan fingerprint density at radius 2 is 1.64 bits per heavy atom. The van der Waals surface area contributed by atoms with Gasteiger partial charge in [-0.15, -0.1) is 11.3 Å². The summed E-state index contributed by atoms with van der Waals surface area (Å²) in [6.45, 7) is 3.37. The summed E-state index contributed by atoms with van der Waals surface area (Å²) in [6.07, 6.45) is 8.24. The summed E-state index contributed by atoms with van der Waals surface area (Å²) >= 11 is 1.50. The van der Waals surface area contributed by atoms with Crippen LogP contribution in [-0.4, -0.2) is 47.8 Å². The van der Waals surface area contributed by atoms with Gasteiger partial charge in [-0.25, -0.2) is 0 Å². The van der Waals surface area contributed by atoms with Gasteiger partial charge in [-0.2, -0.15) is 0 Å². The summed E-state index contributed by atoms with van der Waals surface area (Å²) < 4.78 is 0. The number of piperidine rings is 2. The largest absolute Gasteiger partial charge is 0.342 e. The summed E-state index contributed by atoms with van der Waals surface area (Å²) in [5.41, 5.74) is 0. The number of fused-ring (bicyclic) bond motifs is 1. The van der Waals surface area contributed by atoms with Gasteiger partial charge in [0, 0.05) is 32.1 Å². The number of likely N-dealkylation sites (tertiary alicyclic amines) is 2. The topological polar surface area (TPSA) is 40.6 Å². The SMILES string of the molecule is O=C(c1cccs1)N1CCC(C(=O)N2CC[C@H]3CCCC[C@@H]3C2)CC1. The van der Waals surface area contributed by atoms with Crippen molar-refractivity contribution in [1.82, 2.24) is 9.80 Å². The second-order valence-electron chi connectivity index (χ2n) is 7.92. The molecule has 0 unspecified atom stereocenters. The molecule has 5 heteroatoms. The molecular weight excluding hydrogens is 332 g/mol. The molecule has 3 aliphatic rings. The van der Waals surface area contributed by atoms with Crippen LogP contribution in [0.25, 0.3) is 0 Å². The van der Waals surface area contributed by atoms with Crippen molar-refractivity contribution in [1.29, 1.82) is 0 Å². The molecule has 25 heavy (non-hydrogen) atoms.